The van der Waals surface area contributed by atoms with E-state index in [0.29, 0.717) is 0 Å². The van der Waals surface area contributed by atoms with E-state index in [1.54, 1.807) is 83.1 Å². The fraction of sp³-hybridized carbons (Fsp3) is 0.667. The standard InChI is InChI=1S/C48H74N8O14/c1-25(53(15)43(67)69-47(9,10)11)35(57)51-33(45(3,4)5)39(61)55-23-29(21-31(55)41(63)64)49-37(59)27-17-19-28(20-18-27)38(60)50-30-22-32(42(65)66)56(24-30)40(62)34(46(6,7)8)52-36(58)26(2)54(16)44(68)70-48(12,13)14/h17-20,25-26,29-34H,21-24H2,1-16H3,(H,49,59)(H,50,60)(H,51,57)(H,52,58)(H,63,64)(H,65,66)/t25-,26-,29-,30-,31-,32-,33+,34+/m0/s1. The number of rotatable bonds is 14. The van der Waals surface area contributed by atoms with E-state index < -0.39 is 130 Å². The molecule has 2 fully saturated rings. The first kappa shape index (κ1) is 57.8. The molecule has 1 aromatic rings. The molecule has 0 saturated carbocycles. The van der Waals surface area contributed by atoms with Gasteiger partial charge in [-0.3, -0.25) is 38.6 Å². The molecular weight excluding hydrogens is 913 g/mol. The molecule has 0 spiro atoms. The largest absolute Gasteiger partial charge is 0.480 e. The Balaban J connectivity index is 1.70. The normalized spacial score (nSPS) is 20.2. The Morgan fingerprint density at radius 1 is 0.557 bits per heavy atom. The number of carbonyl (C=O) groups excluding carboxylic acids is 8. The minimum absolute atomic E-state index is 0.0987. The lowest BCUT2D eigenvalue weighted by Gasteiger charge is -2.36. The van der Waals surface area contributed by atoms with E-state index in [2.05, 4.69) is 21.3 Å². The first-order valence-electron chi connectivity index (χ1n) is 23.1. The second-order valence-electron chi connectivity index (χ2n) is 22.2. The molecule has 22 nitrogen and oxygen atoms in total. The zero-order valence-corrected chi connectivity index (χ0v) is 43.3. The molecule has 0 bridgehead atoms. The maximum Gasteiger partial charge on any atom is 0.410 e. The molecule has 0 unspecified atom stereocenters. The molecule has 0 radical (unpaired) electrons. The molecule has 2 heterocycles. The summed E-state index contributed by atoms with van der Waals surface area (Å²) in [6.07, 6.45) is -1.82. The third-order valence-corrected chi connectivity index (χ3v) is 11.9. The van der Waals surface area contributed by atoms with Gasteiger partial charge in [0.15, 0.2) is 0 Å². The van der Waals surface area contributed by atoms with Crippen LogP contribution in [0.15, 0.2) is 24.3 Å². The van der Waals surface area contributed by atoms with Gasteiger partial charge in [-0.25, -0.2) is 19.2 Å². The van der Waals surface area contributed by atoms with Gasteiger partial charge in [-0.1, -0.05) is 41.5 Å². The number of aliphatic carboxylic acids is 2. The van der Waals surface area contributed by atoms with Crippen molar-refractivity contribution in [1.29, 1.82) is 0 Å². The SMILES string of the molecule is C[C@@H](C(=O)N[C@H](C(=O)N1C[C@@H](NC(=O)c2ccc(C(=O)N[C@H]3C[C@@H](C(=O)O)N(C(=O)[C@@H](NC(=O)[C@H](C)N(C)C(=O)OC(C)(C)C)C(C)(C)C)C3)cc2)C[C@H]1C(=O)O)C(C)(C)C)N(C)C(=O)OC(C)(C)C. The van der Waals surface area contributed by atoms with Crippen LogP contribution in [0.1, 0.15) is 130 Å². The third-order valence-electron chi connectivity index (χ3n) is 11.9. The van der Waals surface area contributed by atoms with Crippen LogP contribution in [0, 0.1) is 10.8 Å². The van der Waals surface area contributed by atoms with Crippen molar-refractivity contribution in [1.82, 2.24) is 40.9 Å². The number of hydrogen-bond acceptors (Lipinski definition) is 12. The lowest BCUT2D eigenvalue weighted by atomic mass is 9.85. The monoisotopic (exact) mass is 987 g/mol. The Bertz CT molecular complexity index is 2020. The molecule has 2 aliphatic heterocycles. The van der Waals surface area contributed by atoms with Gasteiger partial charge >= 0.3 is 24.1 Å². The second-order valence-corrected chi connectivity index (χ2v) is 22.2. The number of nitrogens with one attached hydrogen (secondary N) is 4. The highest BCUT2D eigenvalue weighted by Crippen LogP contribution is 2.29. The number of amides is 8. The Kier molecular flexibility index (Phi) is 18.2. The number of likely N-dealkylation sites (tertiary alicyclic amines) is 2. The summed E-state index contributed by atoms with van der Waals surface area (Å²) in [4.78, 5) is 137. The van der Waals surface area contributed by atoms with Crippen molar-refractivity contribution < 1.29 is 67.6 Å². The zero-order valence-electron chi connectivity index (χ0n) is 43.3. The molecule has 3 rings (SSSR count). The van der Waals surface area contributed by atoms with Crippen LogP contribution in [-0.2, 0) is 38.2 Å². The van der Waals surface area contributed by atoms with E-state index in [-0.39, 0.29) is 37.1 Å². The minimum Gasteiger partial charge on any atom is -0.480 e. The molecule has 70 heavy (non-hydrogen) atoms. The molecule has 2 aliphatic rings. The minimum atomic E-state index is -1.35. The van der Waals surface area contributed by atoms with Crippen LogP contribution in [0.4, 0.5) is 9.59 Å². The van der Waals surface area contributed by atoms with Gasteiger partial charge in [0.2, 0.25) is 23.6 Å². The first-order valence-corrected chi connectivity index (χ1v) is 23.1. The number of hydrogen-bond donors (Lipinski definition) is 6. The van der Waals surface area contributed by atoms with Gasteiger partial charge in [0, 0.05) is 63.2 Å². The Morgan fingerprint density at radius 2 is 0.843 bits per heavy atom. The van der Waals surface area contributed by atoms with Gasteiger partial charge in [-0.2, -0.15) is 0 Å². The maximum atomic E-state index is 14.1. The van der Waals surface area contributed by atoms with Gasteiger partial charge in [-0.15, -0.1) is 0 Å². The highest BCUT2D eigenvalue weighted by atomic mass is 16.6. The zero-order chi connectivity index (χ0) is 53.8. The van der Waals surface area contributed by atoms with Crippen LogP contribution in [0.5, 0.6) is 0 Å². The number of carbonyl (C=O) groups is 10. The van der Waals surface area contributed by atoms with Gasteiger partial charge in [0.1, 0.15) is 47.5 Å². The van der Waals surface area contributed by atoms with Crippen molar-refractivity contribution in [2.24, 2.45) is 10.8 Å². The quantitative estimate of drug-likeness (QED) is 0.156. The van der Waals surface area contributed by atoms with Crippen LogP contribution in [0.25, 0.3) is 0 Å². The van der Waals surface area contributed by atoms with Gasteiger partial charge in [-0.05, 0) is 90.5 Å². The van der Waals surface area contributed by atoms with Crippen LogP contribution < -0.4 is 21.3 Å². The van der Waals surface area contributed by atoms with Gasteiger partial charge in [0.25, 0.3) is 11.8 Å². The number of carboxylic acids is 2. The summed E-state index contributed by atoms with van der Waals surface area (Å²) in [5.41, 5.74) is -3.29. The lowest BCUT2D eigenvalue weighted by Crippen LogP contribution is -2.59. The number of benzene rings is 1. The lowest BCUT2D eigenvalue weighted by molar-refractivity contribution is -0.151. The average Bonchev–Trinajstić information content (AvgIpc) is 3.86. The number of carboxylic acid groups (broad SMARTS) is 2. The van der Waals surface area contributed by atoms with E-state index >= 15 is 0 Å². The summed E-state index contributed by atoms with van der Waals surface area (Å²) >= 11 is 0. The summed E-state index contributed by atoms with van der Waals surface area (Å²) in [5.74, 6) is -6.66. The first-order chi connectivity index (χ1) is 31.8. The van der Waals surface area contributed by atoms with Gasteiger partial charge < -0.3 is 50.8 Å². The fourth-order valence-corrected chi connectivity index (χ4v) is 7.64. The van der Waals surface area contributed by atoms with Gasteiger partial charge in [0.05, 0.1) is 0 Å². The molecule has 8 atom stereocenters. The summed E-state index contributed by atoms with van der Waals surface area (Å²) in [5, 5.41) is 31.2. The highest BCUT2D eigenvalue weighted by molar-refractivity contribution is 5.99. The van der Waals surface area contributed by atoms with Crippen molar-refractivity contribution in [3.8, 4) is 0 Å². The van der Waals surface area contributed by atoms with Crippen LogP contribution in [-0.4, -0.2) is 176 Å². The van der Waals surface area contributed by atoms with Crippen LogP contribution in [0.2, 0.25) is 0 Å². The van der Waals surface area contributed by atoms with Crippen LogP contribution in [0.3, 0.4) is 0 Å². The van der Waals surface area contributed by atoms with Crippen molar-refractivity contribution >= 4 is 59.6 Å². The van der Waals surface area contributed by atoms with Crippen molar-refractivity contribution in [3.05, 3.63) is 35.4 Å². The molecule has 1 aromatic carbocycles. The maximum absolute atomic E-state index is 14.1. The van der Waals surface area contributed by atoms with E-state index in [1.165, 1.54) is 52.2 Å². The highest BCUT2D eigenvalue weighted by Gasteiger charge is 2.48. The summed E-state index contributed by atoms with van der Waals surface area (Å²) in [6, 6.07) is -3.49. The number of nitrogens with zero attached hydrogens (tertiary/aromatic N) is 4. The Hall–Kier alpha value is -6.48. The molecule has 22 heteroatoms. The molecule has 0 aliphatic carbocycles. The number of ether oxygens (including phenoxy) is 2. The smallest absolute Gasteiger partial charge is 0.410 e. The molecule has 2 saturated heterocycles. The molecular formula is C48H74N8O14. The molecule has 390 valence electrons. The van der Waals surface area contributed by atoms with Crippen LogP contribution >= 0.6 is 0 Å². The Labute approximate surface area is 409 Å². The van der Waals surface area contributed by atoms with Crippen molar-refractivity contribution in [2.75, 3.05) is 27.2 Å². The molecule has 8 amide bonds. The molecule has 0 aromatic heterocycles. The Morgan fingerprint density at radius 3 is 1.09 bits per heavy atom. The molecule has 6 N–H and O–H groups in total. The van der Waals surface area contributed by atoms with E-state index in [0.717, 1.165) is 19.6 Å². The number of likely N-dealkylation sites (N-methyl/N-ethyl adjacent to an activating group) is 2. The summed E-state index contributed by atoms with van der Waals surface area (Å²) < 4.78 is 10.7. The van der Waals surface area contributed by atoms with E-state index in [9.17, 15) is 58.2 Å². The fourth-order valence-electron chi connectivity index (χ4n) is 7.64. The predicted molar refractivity (Wildman–Crippen MR) is 254 cm³/mol. The summed E-state index contributed by atoms with van der Waals surface area (Å²) in [6.45, 7) is 22.7. The average molecular weight is 987 g/mol. The third kappa shape index (κ3) is 15.3. The van der Waals surface area contributed by atoms with E-state index in [1.807, 2.05) is 0 Å². The summed E-state index contributed by atoms with van der Waals surface area (Å²) in [7, 11) is 2.76. The van der Waals surface area contributed by atoms with Crippen molar-refractivity contribution in [2.45, 2.75) is 169 Å². The topological polar surface area (TPSA) is 291 Å². The second kappa shape index (κ2) is 22.1. The van der Waals surface area contributed by atoms with Crippen molar-refractivity contribution in [3.63, 3.8) is 0 Å². The van der Waals surface area contributed by atoms with E-state index in [4.69, 9.17) is 9.47 Å². The predicted octanol–water partition coefficient (Wildman–Crippen LogP) is 2.83.